The number of halogens is 1. The van der Waals surface area contributed by atoms with E-state index < -0.39 is 5.91 Å². The van der Waals surface area contributed by atoms with Crippen molar-refractivity contribution in [1.29, 1.82) is 5.26 Å². The van der Waals surface area contributed by atoms with Crippen LogP contribution in [0, 0.1) is 18.3 Å². The highest BCUT2D eigenvalue weighted by atomic mass is 35.5. The second kappa shape index (κ2) is 7.44. The van der Waals surface area contributed by atoms with Crippen LogP contribution in [0.4, 0.5) is 0 Å². The molecular formula is C12H15ClN8O. The molecule has 0 fully saturated rings. The zero-order chi connectivity index (χ0) is 15.4. The van der Waals surface area contributed by atoms with E-state index in [4.69, 9.17) is 11.0 Å². The summed E-state index contributed by atoms with van der Waals surface area (Å²) in [7, 11) is 0. The summed E-state index contributed by atoms with van der Waals surface area (Å²) in [5.41, 5.74) is 5.95. The van der Waals surface area contributed by atoms with Gasteiger partial charge in [0.15, 0.2) is 11.6 Å². The number of aromatic nitrogens is 5. The summed E-state index contributed by atoms with van der Waals surface area (Å²) in [5.74, 6) is 1.08. The van der Waals surface area contributed by atoms with E-state index in [0.717, 1.165) is 0 Å². The first-order valence-electron chi connectivity index (χ1n) is 6.19. The Kier molecular flexibility index (Phi) is 5.91. The lowest BCUT2D eigenvalue weighted by Gasteiger charge is -2.07. The van der Waals surface area contributed by atoms with Crippen molar-refractivity contribution in [3.8, 4) is 11.9 Å². The average molecular weight is 323 g/mol. The first-order valence-corrected chi connectivity index (χ1v) is 6.19. The van der Waals surface area contributed by atoms with Gasteiger partial charge in [-0.05, 0) is 13.8 Å². The molecule has 3 N–H and O–H groups in total. The molecule has 0 bridgehead atoms. The van der Waals surface area contributed by atoms with Crippen LogP contribution in [-0.4, -0.2) is 37.2 Å². The number of nitrogens with two attached hydrogens (primary N) is 1. The lowest BCUT2D eigenvalue weighted by molar-refractivity contribution is 0.0953. The minimum atomic E-state index is -0.460. The number of nitrogens with one attached hydrogen (secondary N) is 1. The lowest BCUT2D eigenvalue weighted by atomic mass is 10.3. The van der Waals surface area contributed by atoms with Gasteiger partial charge in [0.05, 0.1) is 24.5 Å². The van der Waals surface area contributed by atoms with Gasteiger partial charge in [0.2, 0.25) is 0 Å². The SMILES string of the molecule is Cc1nc([C@H](C)N)n(-c2cnc(C(=O)NCC#N)cn2)n1.Cl. The van der Waals surface area contributed by atoms with Crippen LogP contribution in [0.3, 0.4) is 0 Å². The maximum Gasteiger partial charge on any atom is 0.272 e. The van der Waals surface area contributed by atoms with E-state index in [1.807, 2.05) is 6.07 Å². The Hall–Kier alpha value is -2.57. The van der Waals surface area contributed by atoms with Crippen molar-refractivity contribution in [2.24, 2.45) is 5.73 Å². The molecule has 0 saturated carbocycles. The van der Waals surface area contributed by atoms with E-state index in [-0.39, 0.29) is 30.7 Å². The van der Waals surface area contributed by atoms with Gasteiger partial charge in [0, 0.05) is 0 Å². The molecule has 0 spiro atoms. The van der Waals surface area contributed by atoms with Crippen LogP contribution >= 0.6 is 12.4 Å². The molecule has 2 aromatic heterocycles. The second-order valence-corrected chi connectivity index (χ2v) is 4.32. The molecule has 0 aromatic carbocycles. The van der Waals surface area contributed by atoms with Gasteiger partial charge < -0.3 is 11.1 Å². The third-order valence-electron chi connectivity index (χ3n) is 2.56. The Bertz CT molecular complexity index is 688. The molecule has 0 aliphatic heterocycles. The maximum absolute atomic E-state index is 11.6. The van der Waals surface area contributed by atoms with Crippen LogP contribution in [-0.2, 0) is 0 Å². The standard InChI is InChI=1S/C12H14N8O.ClH/c1-7(14)11-18-8(2)19-20(11)10-6-16-9(5-17-10)12(21)15-4-3-13;/h5-7H,4,14H2,1-2H3,(H,15,21);1H/t7-;/m0./s1. The van der Waals surface area contributed by atoms with E-state index in [1.165, 1.54) is 17.1 Å². The smallest absolute Gasteiger partial charge is 0.272 e. The third-order valence-corrected chi connectivity index (χ3v) is 2.56. The topological polar surface area (TPSA) is 135 Å². The number of rotatable bonds is 4. The first-order chi connectivity index (χ1) is 10.0. The minimum absolute atomic E-state index is 0. The largest absolute Gasteiger partial charge is 0.338 e. The van der Waals surface area contributed by atoms with E-state index in [9.17, 15) is 4.79 Å². The van der Waals surface area contributed by atoms with E-state index in [1.54, 1.807) is 13.8 Å². The summed E-state index contributed by atoms with van der Waals surface area (Å²) in [6.45, 7) is 3.45. The molecule has 22 heavy (non-hydrogen) atoms. The maximum atomic E-state index is 11.6. The Balaban J connectivity index is 0.00000242. The third kappa shape index (κ3) is 3.75. The van der Waals surface area contributed by atoms with Crippen molar-refractivity contribution in [1.82, 2.24) is 30.0 Å². The van der Waals surface area contributed by atoms with Gasteiger partial charge in [0.1, 0.15) is 18.1 Å². The van der Waals surface area contributed by atoms with Gasteiger partial charge in [-0.2, -0.15) is 9.94 Å². The molecule has 0 radical (unpaired) electrons. The van der Waals surface area contributed by atoms with Crippen LogP contribution in [0.25, 0.3) is 5.82 Å². The van der Waals surface area contributed by atoms with Crippen molar-refractivity contribution in [3.63, 3.8) is 0 Å². The fourth-order valence-corrected chi connectivity index (χ4v) is 1.65. The van der Waals surface area contributed by atoms with Crippen LogP contribution in [0.15, 0.2) is 12.4 Å². The lowest BCUT2D eigenvalue weighted by Crippen LogP contribution is -2.25. The van der Waals surface area contributed by atoms with E-state index in [2.05, 4.69) is 25.4 Å². The number of nitrogens with zero attached hydrogens (tertiary/aromatic N) is 6. The molecular weight excluding hydrogens is 308 g/mol. The molecule has 0 saturated heterocycles. The van der Waals surface area contributed by atoms with Gasteiger partial charge in [0.25, 0.3) is 5.91 Å². The number of aryl methyl sites for hydroxylation is 1. The quantitative estimate of drug-likeness (QED) is 0.759. The van der Waals surface area contributed by atoms with Crippen molar-refractivity contribution in [2.75, 3.05) is 6.54 Å². The molecule has 10 heteroatoms. The van der Waals surface area contributed by atoms with Gasteiger partial charge in [-0.3, -0.25) is 4.79 Å². The van der Waals surface area contributed by atoms with E-state index in [0.29, 0.717) is 17.5 Å². The Labute approximate surface area is 133 Å². The van der Waals surface area contributed by atoms with Crippen LogP contribution in [0.1, 0.15) is 35.1 Å². The molecule has 0 unspecified atom stereocenters. The molecule has 9 nitrogen and oxygen atoms in total. The molecule has 2 aromatic rings. The van der Waals surface area contributed by atoms with Gasteiger partial charge in [-0.15, -0.1) is 17.5 Å². The van der Waals surface area contributed by atoms with E-state index >= 15 is 0 Å². The highest BCUT2D eigenvalue weighted by molar-refractivity contribution is 5.92. The molecule has 1 atom stereocenters. The molecule has 1 amide bonds. The van der Waals surface area contributed by atoms with Gasteiger partial charge in [-0.1, -0.05) is 0 Å². The Morgan fingerprint density at radius 2 is 2.23 bits per heavy atom. The van der Waals surface area contributed by atoms with Gasteiger partial charge in [-0.25, -0.2) is 15.0 Å². The number of hydrogen-bond acceptors (Lipinski definition) is 7. The fourth-order valence-electron chi connectivity index (χ4n) is 1.65. The molecule has 2 heterocycles. The van der Waals surface area contributed by atoms with Crippen molar-refractivity contribution < 1.29 is 4.79 Å². The first kappa shape index (κ1) is 17.5. The Morgan fingerprint density at radius 1 is 1.50 bits per heavy atom. The highest BCUT2D eigenvalue weighted by Gasteiger charge is 2.15. The van der Waals surface area contributed by atoms with Crippen LogP contribution in [0.2, 0.25) is 0 Å². The number of amides is 1. The number of carbonyl (C=O) groups is 1. The predicted octanol–water partition coefficient (Wildman–Crippen LogP) is 0.0606. The minimum Gasteiger partial charge on any atom is -0.338 e. The molecule has 116 valence electrons. The van der Waals surface area contributed by atoms with Crippen molar-refractivity contribution in [3.05, 3.63) is 29.7 Å². The summed E-state index contributed by atoms with van der Waals surface area (Å²) in [5, 5.41) is 15.0. The zero-order valence-corrected chi connectivity index (χ0v) is 12.8. The highest BCUT2D eigenvalue weighted by Crippen LogP contribution is 2.12. The summed E-state index contributed by atoms with van der Waals surface area (Å²) in [6, 6.07) is 1.50. The molecule has 2 rings (SSSR count). The number of carbonyl (C=O) groups excluding carboxylic acids is 1. The van der Waals surface area contributed by atoms with Gasteiger partial charge >= 0.3 is 0 Å². The number of nitriles is 1. The zero-order valence-electron chi connectivity index (χ0n) is 12.0. The molecule has 0 aliphatic carbocycles. The average Bonchev–Trinajstić information content (AvgIpc) is 2.87. The Morgan fingerprint density at radius 3 is 2.77 bits per heavy atom. The summed E-state index contributed by atoms with van der Waals surface area (Å²) < 4.78 is 1.49. The summed E-state index contributed by atoms with van der Waals surface area (Å²) in [4.78, 5) is 24.0. The van der Waals surface area contributed by atoms with Crippen LogP contribution < -0.4 is 11.1 Å². The normalized spacial score (nSPS) is 11.2. The predicted molar refractivity (Wildman–Crippen MR) is 79.5 cm³/mol. The number of hydrogen-bond donors (Lipinski definition) is 2. The van der Waals surface area contributed by atoms with Crippen LogP contribution in [0.5, 0.6) is 0 Å². The fraction of sp³-hybridized carbons (Fsp3) is 0.333. The molecule has 0 aliphatic rings. The van der Waals surface area contributed by atoms with Crippen molar-refractivity contribution in [2.45, 2.75) is 19.9 Å². The summed E-state index contributed by atoms with van der Waals surface area (Å²) >= 11 is 0. The summed E-state index contributed by atoms with van der Waals surface area (Å²) in [6.07, 6.45) is 2.71. The second-order valence-electron chi connectivity index (χ2n) is 4.32. The monoisotopic (exact) mass is 322 g/mol. The van der Waals surface area contributed by atoms with Crippen molar-refractivity contribution >= 4 is 18.3 Å².